The number of nitrogens with one attached hydrogen (secondary N) is 2. The smallest absolute Gasteiger partial charge is 0.306 e. The topological polar surface area (TPSA) is 117 Å². The molecule has 0 aliphatic carbocycles. The number of aliphatic carboxylic acids is 1. The fourth-order valence-electron chi connectivity index (χ4n) is 2.52. The Labute approximate surface area is 177 Å². The Morgan fingerprint density at radius 1 is 1.23 bits per heavy atom. The van der Waals surface area contributed by atoms with Gasteiger partial charge in [0.15, 0.2) is 5.17 Å². The first kappa shape index (κ1) is 21.1. The van der Waals surface area contributed by atoms with E-state index in [9.17, 15) is 14.4 Å². The normalized spacial score (nSPS) is 15.8. The number of rotatable bonds is 7. The van der Waals surface area contributed by atoms with E-state index in [4.69, 9.17) is 9.84 Å². The highest BCUT2D eigenvalue weighted by molar-refractivity contribution is 8.18. The lowest BCUT2D eigenvalue weighted by molar-refractivity contribution is -0.137. The average Bonchev–Trinajstić information content (AvgIpc) is 3.02. The van der Waals surface area contributed by atoms with Crippen molar-refractivity contribution in [2.24, 2.45) is 4.99 Å². The van der Waals surface area contributed by atoms with E-state index in [-0.39, 0.29) is 24.8 Å². The molecule has 8 nitrogen and oxygen atoms in total. The van der Waals surface area contributed by atoms with Crippen molar-refractivity contribution < 1.29 is 24.2 Å². The minimum Gasteiger partial charge on any atom is -0.493 e. The van der Waals surface area contributed by atoms with Gasteiger partial charge in [0.1, 0.15) is 5.75 Å². The molecule has 9 heteroatoms. The fraction of sp³-hybridized carbons (Fsp3) is 0.143. The van der Waals surface area contributed by atoms with Crippen molar-refractivity contribution in [2.75, 3.05) is 11.9 Å². The number of ether oxygens (including phenoxy) is 1. The summed E-state index contributed by atoms with van der Waals surface area (Å²) in [6, 6.07) is 14.0. The van der Waals surface area contributed by atoms with Gasteiger partial charge in [-0.1, -0.05) is 12.1 Å². The molecule has 3 rings (SSSR count). The molecule has 154 valence electrons. The standard InChI is InChI=1S/C21H19N3O5S/c1-13(25)22-15-5-7-16(8-6-15)23-21-24-20(28)18(30-21)12-14-3-2-4-17(11-14)29-10-9-19(26)27/h2-8,11-12H,9-10H2,1H3,(H,22,25)(H,26,27)(H,23,24,28)/b18-12+. The predicted molar refractivity (Wildman–Crippen MR) is 116 cm³/mol. The second-order valence-electron chi connectivity index (χ2n) is 6.27. The fourth-order valence-corrected chi connectivity index (χ4v) is 3.36. The number of amides is 2. The minimum atomic E-state index is -0.927. The number of aliphatic imine (C=N–C) groups is 1. The van der Waals surface area contributed by atoms with Crippen LogP contribution in [0.2, 0.25) is 0 Å². The maximum absolute atomic E-state index is 12.3. The van der Waals surface area contributed by atoms with Crippen LogP contribution in [-0.2, 0) is 14.4 Å². The lowest BCUT2D eigenvalue weighted by Crippen LogP contribution is -2.19. The van der Waals surface area contributed by atoms with Crippen molar-refractivity contribution in [3.05, 3.63) is 59.0 Å². The van der Waals surface area contributed by atoms with Gasteiger partial charge in [0, 0.05) is 12.6 Å². The molecular weight excluding hydrogens is 406 g/mol. The number of benzene rings is 2. The monoisotopic (exact) mass is 425 g/mol. The van der Waals surface area contributed by atoms with Gasteiger partial charge in [-0.3, -0.25) is 14.4 Å². The summed E-state index contributed by atoms with van der Waals surface area (Å²) in [6.07, 6.45) is 1.63. The van der Waals surface area contributed by atoms with Crippen LogP contribution in [0.25, 0.3) is 6.08 Å². The number of carbonyl (C=O) groups is 3. The number of anilines is 1. The Balaban J connectivity index is 1.68. The van der Waals surface area contributed by atoms with Crippen molar-refractivity contribution in [1.82, 2.24) is 5.32 Å². The Hall–Kier alpha value is -3.59. The number of carboxylic acids is 1. The second-order valence-corrected chi connectivity index (χ2v) is 7.31. The van der Waals surface area contributed by atoms with Crippen LogP contribution in [0.15, 0.2) is 58.4 Å². The molecule has 2 aromatic rings. The van der Waals surface area contributed by atoms with E-state index in [0.29, 0.717) is 27.2 Å². The van der Waals surface area contributed by atoms with E-state index in [1.54, 1.807) is 48.5 Å². The van der Waals surface area contributed by atoms with Crippen molar-refractivity contribution >= 4 is 52.2 Å². The molecule has 1 aliphatic heterocycles. The molecule has 0 saturated carbocycles. The van der Waals surface area contributed by atoms with Crippen LogP contribution in [0.1, 0.15) is 18.9 Å². The van der Waals surface area contributed by atoms with Gasteiger partial charge < -0.3 is 20.5 Å². The Morgan fingerprint density at radius 3 is 2.70 bits per heavy atom. The average molecular weight is 425 g/mol. The zero-order valence-electron chi connectivity index (χ0n) is 16.0. The van der Waals surface area contributed by atoms with E-state index >= 15 is 0 Å². The van der Waals surface area contributed by atoms with Crippen LogP contribution in [0, 0.1) is 0 Å². The largest absolute Gasteiger partial charge is 0.493 e. The van der Waals surface area contributed by atoms with Gasteiger partial charge in [-0.05, 0) is 59.8 Å². The highest BCUT2D eigenvalue weighted by atomic mass is 32.2. The highest BCUT2D eigenvalue weighted by Crippen LogP contribution is 2.29. The summed E-state index contributed by atoms with van der Waals surface area (Å²) in [4.78, 5) is 38.8. The molecule has 1 aliphatic rings. The molecule has 2 amide bonds. The van der Waals surface area contributed by atoms with Crippen molar-refractivity contribution in [3.8, 4) is 5.75 Å². The van der Waals surface area contributed by atoms with E-state index < -0.39 is 5.97 Å². The summed E-state index contributed by atoms with van der Waals surface area (Å²) in [5, 5.41) is 14.5. The first-order chi connectivity index (χ1) is 14.4. The minimum absolute atomic E-state index is 0.0716. The van der Waals surface area contributed by atoms with Crippen molar-refractivity contribution in [1.29, 1.82) is 0 Å². The van der Waals surface area contributed by atoms with Crippen LogP contribution in [-0.4, -0.2) is 34.7 Å². The van der Waals surface area contributed by atoms with E-state index in [1.807, 2.05) is 6.07 Å². The molecule has 3 N–H and O–H groups in total. The molecule has 0 atom stereocenters. The van der Waals surface area contributed by atoms with Crippen LogP contribution in [0.3, 0.4) is 0 Å². The number of hydrogen-bond acceptors (Lipinski definition) is 6. The predicted octanol–water partition coefficient (Wildman–Crippen LogP) is 3.39. The van der Waals surface area contributed by atoms with Gasteiger partial charge in [0.25, 0.3) is 5.91 Å². The number of hydrogen-bond donors (Lipinski definition) is 3. The second kappa shape index (κ2) is 9.75. The first-order valence-corrected chi connectivity index (χ1v) is 9.82. The number of nitrogens with zero attached hydrogens (tertiary/aromatic N) is 1. The Kier molecular flexibility index (Phi) is 6.87. The molecule has 1 heterocycles. The summed E-state index contributed by atoms with van der Waals surface area (Å²) >= 11 is 1.21. The maximum atomic E-state index is 12.3. The van der Waals surface area contributed by atoms with Gasteiger partial charge >= 0.3 is 5.97 Å². The quantitative estimate of drug-likeness (QED) is 0.586. The summed E-state index contributed by atoms with van der Waals surface area (Å²) in [5.41, 5.74) is 2.06. The summed E-state index contributed by atoms with van der Waals surface area (Å²) in [7, 11) is 0. The zero-order chi connectivity index (χ0) is 21.5. The molecule has 0 aromatic heterocycles. The highest BCUT2D eigenvalue weighted by Gasteiger charge is 2.23. The lowest BCUT2D eigenvalue weighted by atomic mass is 10.2. The number of carbonyl (C=O) groups excluding carboxylic acids is 2. The molecule has 30 heavy (non-hydrogen) atoms. The van der Waals surface area contributed by atoms with Crippen LogP contribution < -0.4 is 15.4 Å². The summed E-state index contributed by atoms with van der Waals surface area (Å²) in [5.74, 6) is -0.810. The Morgan fingerprint density at radius 2 is 2.00 bits per heavy atom. The molecular formula is C21H19N3O5S. The molecule has 1 saturated heterocycles. The maximum Gasteiger partial charge on any atom is 0.306 e. The molecule has 0 spiro atoms. The summed E-state index contributed by atoms with van der Waals surface area (Å²) < 4.78 is 5.42. The third-order valence-electron chi connectivity index (χ3n) is 3.81. The SMILES string of the molecule is CC(=O)Nc1ccc(N=C2NC(=O)/C(=C\c3cccc(OCCC(=O)O)c3)S2)cc1. The van der Waals surface area contributed by atoms with E-state index in [1.165, 1.54) is 18.7 Å². The molecule has 0 radical (unpaired) electrons. The first-order valence-electron chi connectivity index (χ1n) is 9.01. The molecule has 1 fully saturated rings. The van der Waals surface area contributed by atoms with E-state index in [0.717, 1.165) is 5.56 Å². The molecule has 0 bridgehead atoms. The number of carboxylic acid groups (broad SMARTS) is 1. The van der Waals surface area contributed by atoms with Crippen LogP contribution >= 0.6 is 11.8 Å². The van der Waals surface area contributed by atoms with Gasteiger partial charge in [0.2, 0.25) is 5.91 Å². The van der Waals surface area contributed by atoms with Crippen molar-refractivity contribution in [2.45, 2.75) is 13.3 Å². The van der Waals surface area contributed by atoms with Gasteiger partial charge in [0.05, 0.1) is 23.6 Å². The number of amidine groups is 1. The zero-order valence-corrected chi connectivity index (χ0v) is 16.9. The molecule has 2 aromatic carbocycles. The van der Waals surface area contributed by atoms with E-state index in [2.05, 4.69) is 15.6 Å². The van der Waals surface area contributed by atoms with Crippen LogP contribution in [0.4, 0.5) is 11.4 Å². The van der Waals surface area contributed by atoms with Crippen LogP contribution in [0.5, 0.6) is 5.75 Å². The lowest BCUT2D eigenvalue weighted by Gasteiger charge is -2.05. The molecule has 0 unspecified atom stereocenters. The number of thioether (sulfide) groups is 1. The van der Waals surface area contributed by atoms with Crippen molar-refractivity contribution in [3.63, 3.8) is 0 Å². The third kappa shape index (κ3) is 6.21. The van der Waals surface area contributed by atoms with Gasteiger partial charge in [-0.2, -0.15) is 0 Å². The third-order valence-corrected chi connectivity index (χ3v) is 4.72. The Bertz CT molecular complexity index is 1030. The summed E-state index contributed by atoms with van der Waals surface area (Å²) in [6.45, 7) is 1.51. The van der Waals surface area contributed by atoms with Gasteiger partial charge in [-0.25, -0.2) is 4.99 Å². The van der Waals surface area contributed by atoms with Gasteiger partial charge in [-0.15, -0.1) is 0 Å².